The topological polar surface area (TPSA) is 191 Å². The highest BCUT2D eigenvalue weighted by Crippen LogP contribution is 1.95. The summed E-state index contributed by atoms with van der Waals surface area (Å²) in [5.41, 5.74) is 5.37. The molecule has 0 heterocycles. The van der Waals surface area contributed by atoms with Gasteiger partial charge in [-0.25, -0.2) is 4.79 Å². The Morgan fingerprint density at radius 1 is 0.958 bits per heavy atom. The molecule has 0 bridgehead atoms. The third kappa shape index (κ3) is 7.35. The number of carbonyl (C=O) groups is 4. The van der Waals surface area contributed by atoms with Gasteiger partial charge in [0.2, 0.25) is 17.7 Å². The van der Waals surface area contributed by atoms with Crippen LogP contribution in [0.2, 0.25) is 0 Å². The molecule has 0 aromatic rings. The molecule has 0 fully saturated rings. The molecule has 5 atom stereocenters. The minimum Gasteiger partial charge on any atom is -0.480 e. The minimum absolute atomic E-state index is 0.477. The van der Waals surface area contributed by atoms with Crippen molar-refractivity contribution >= 4 is 23.7 Å². The minimum atomic E-state index is -1.51. The van der Waals surface area contributed by atoms with Crippen LogP contribution < -0.4 is 21.7 Å². The SMILES string of the molecule is CC(NC(=O)CNC(=O)C(N)C(C)O)C(=O)NC(C(=O)O)C(C)O. The number of aliphatic carboxylic acids is 1. The van der Waals surface area contributed by atoms with E-state index in [1.54, 1.807) is 0 Å². The van der Waals surface area contributed by atoms with E-state index in [1.807, 2.05) is 0 Å². The van der Waals surface area contributed by atoms with Gasteiger partial charge < -0.3 is 37.0 Å². The van der Waals surface area contributed by atoms with Gasteiger partial charge >= 0.3 is 5.97 Å². The molecule has 0 rings (SSSR count). The normalized spacial score (nSPS) is 16.9. The number of hydrogen-bond donors (Lipinski definition) is 7. The number of rotatable bonds is 9. The van der Waals surface area contributed by atoms with Crippen LogP contribution in [0.4, 0.5) is 0 Å². The predicted octanol–water partition coefficient (Wildman–Crippen LogP) is -3.73. The van der Waals surface area contributed by atoms with Crippen molar-refractivity contribution in [2.75, 3.05) is 6.54 Å². The van der Waals surface area contributed by atoms with Crippen molar-refractivity contribution in [2.24, 2.45) is 5.73 Å². The maximum absolute atomic E-state index is 11.8. The number of carboxylic acid groups (broad SMARTS) is 1. The number of carbonyl (C=O) groups excluding carboxylic acids is 3. The molecule has 11 nitrogen and oxygen atoms in total. The molecule has 8 N–H and O–H groups in total. The highest BCUT2D eigenvalue weighted by Gasteiger charge is 2.27. The van der Waals surface area contributed by atoms with Crippen LogP contribution in [0.1, 0.15) is 20.8 Å². The van der Waals surface area contributed by atoms with Gasteiger partial charge in [0.25, 0.3) is 0 Å². The zero-order chi connectivity index (χ0) is 19.0. The fourth-order valence-corrected chi connectivity index (χ4v) is 1.53. The van der Waals surface area contributed by atoms with Crippen LogP contribution in [0, 0.1) is 0 Å². The van der Waals surface area contributed by atoms with Crippen molar-refractivity contribution in [1.29, 1.82) is 0 Å². The average Bonchev–Trinajstić information content (AvgIpc) is 2.47. The van der Waals surface area contributed by atoms with Crippen LogP contribution in [0.5, 0.6) is 0 Å². The van der Waals surface area contributed by atoms with E-state index < -0.39 is 60.6 Å². The molecule has 3 amide bonds. The molecule has 0 spiro atoms. The molecule has 5 unspecified atom stereocenters. The molecule has 0 aromatic heterocycles. The molecule has 0 aliphatic heterocycles. The molecule has 0 aromatic carbocycles. The predicted molar refractivity (Wildman–Crippen MR) is 81.5 cm³/mol. The first-order valence-electron chi connectivity index (χ1n) is 7.19. The summed E-state index contributed by atoms with van der Waals surface area (Å²) in [5, 5.41) is 33.8. The average molecular weight is 348 g/mol. The van der Waals surface area contributed by atoms with Gasteiger partial charge in [-0.15, -0.1) is 0 Å². The summed E-state index contributed by atoms with van der Waals surface area (Å²) in [6.07, 6.45) is -2.42. The van der Waals surface area contributed by atoms with Crippen LogP contribution in [0.3, 0.4) is 0 Å². The Bertz CT molecular complexity index is 481. The summed E-state index contributed by atoms with van der Waals surface area (Å²) in [6, 6.07) is -3.80. The summed E-state index contributed by atoms with van der Waals surface area (Å²) in [4.78, 5) is 45.8. The first-order chi connectivity index (χ1) is 11.0. The highest BCUT2D eigenvalue weighted by molar-refractivity contribution is 5.92. The van der Waals surface area contributed by atoms with E-state index in [9.17, 15) is 24.3 Å². The number of aliphatic hydroxyl groups is 2. The first kappa shape index (κ1) is 21.8. The summed E-state index contributed by atoms with van der Waals surface area (Å²) < 4.78 is 0. The van der Waals surface area contributed by atoms with E-state index in [-0.39, 0.29) is 0 Å². The van der Waals surface area contributed by atoms with Crippen LogP contribution in [0.25, 0.3) is 0 Å². The van der Waals surface area contributed by atoms with E-state index in [0.717, 1.165) is 0 Å². The molecule has 138 valence electrons. The second-order valence-electron chi connectivity index (χ2n) is 5.34. The largest absolute Gasteiger partial charge is 0.480 e. The van der Waals surface area contributed by atoms with Crippen molar-refractivity contribution in [2.45, 2.75) is 51.1 Å². The molecule has 11 heteroatoms. The first-order valence-corrected chi connectivity index (χ1v) is 7.19. The summed E-state index contributed by atoms with van der Waals surface area (Å²) in [7, 11) is 0. The molecule has 0 radical (unpaired) electrons. The van der Waals surface area contributed by atoms with E-state index in [0.29, 0.717) is 0 Å². The molecular formula is C13H24N4O7. The lowest BCUT2D eigenvalue weighted by atomic mass is 10.1. The van der Waals surface area contributed by atoms with E-state index >= 15 is 0 Å². The second-order valence-corrected chi connectivity index (χ2v) is 5.34. The van der Waals surface area contributed by atoms with Crippen molar-refractivity contribution in [1.82, 2.24) is 16.0 Å². The molecule has 0 saturated heterocycles. The number of aliphatic hydroxyl groups excluding tert-OH is 2. The third-order valence-electron chi connectivity index (χ3n) is 3.06. The molecule has 0 aliphatic rings. The van der Waals surface area contributed by atoms with Crippen molar-refractivity contribution in [3.63, 3.8) is 0 Å². The van der Waals surface area contributed by atoms with E-state index in [1.165, 1.54) is 20.8 Å². The maximum atomic E-state index is 11.8. The van der Waals surface area contributed by atoms with Crippen LogP contribution in [-0.4, -0.2) is 75.9 Å². The standard InChI is InChI=1S/C13H24N4O7/c1-5(11(21)17-10(7(3)19)13(23)24)16-8(20)4-15-12(22)9(14)6(2)18/h5-7,9-10,18-19H,4,14H2,1-3H3,(H,15,22)(H,16,20)(H,17,21)(H,23,24). The smallest absolute Gasteiger partial charge is 0.328 e. The Kier molecular flexibility index (Phi) is 8.89. The van der Waals surface area contributed by atoms with Gasteiger partial charge in [-0.3, -0.25) is 14.4 Å². The number of nitrogens with one attached hydrogen (secondary N) is 3. The number of carboxylic acids is 1. The summed E-state index contributed by atoms with van der Waals surface area (Å²) in [6.45, 7) is 3.34. The fourth-order valence-electron chi connectivity index (χ4n) is 1.53. The van der Waals surface area contributed by atoms with Gasteiger partial charge in [-0.05, 0) is 20.8 Å². The summed E-state index contributed by atoms with van der Waals surface area (Å²) >= 11 is 0. The van der Waals surface area contributed by atoms with Crippen LogP contribution in [0.15, 0.2) is 0 Å². The monoisotopic (exact) mass is 348 g/mol. The Morgan fingerprint density at radius 3 is 1.92 bits per heavy atom. The molecular weight excluding hydrogens is 324 g/mol. The zero-order valence-corrected chi connectivity index (χ0v) is 13.6. The van der Waals surface area contributed by atoms with Crippen molar-refractivity contribution < 1.29 is 34.5 Å². The van der Waals surface area contributed by atoms with Gasteiger partial charge in [0, 0.05) is 0 Å². The quantitative estimate of drug-likeness (QED) is 0.221. The number of nitrogens with two attached hydrogens (primary N) is 1. The second kappa shape index (κ2) is 9.80. The van der Waals surface area contributed by atoms with Crippen molar-refractivity contribution in [3.05, 3.63) is 0 Å². The van der Waals surface area contributed by atoms with E-state index in [4.69, 9.17) is 15.9 Å². The number of amides is 3. The van der Waals surface area contributed by atoms with Crippen LogP contribution >= 0.6 is 0 Å². The summed E-state index contributed by atoms with van der Waals surface area (Å²) in [5.74, 6) is -3.69. The number of hydrogen-bond acceptors (Lipinski definition) is 7. The Labute approximate surface area is 138 Å². The molecule has 24 heavy (non-hydrogen) atoms. The van der Waals surface area contributed by atoms with Gasteiger partial charge in [-0.1, -0.05) is 0 Å². The maximum Gasteiger partial charge on any atom is 0.328 e. The molecule has 0 saturated carbocycles. The van der Waals surface area contributed by atoms with Gasteiger partial charge in [0.1, 0.15) is 12.1 Å². The zero-order valence-electron chi connectivity index (χ0n) is 13.6. The van der Waals surface area contributed by atoms with Gasteiger partial charge in [0.05, 0.1) is 18.8 Å². The highest BCUT2D eigenvalue weighted by atomic mass is 16.4. The fraction of sp³-hybridized carbons (Fsp3) is 0.692. The Morgan fingerprint density at radius 2 is 1.50 bits per heavy atom. The van der Waals surface area contributed by atoms with Gasteiger partial charge in [-0.2, -0.15) is 0 Å². The Balaban J connectivity index is 4.42. The lowest BCUT2D eigenvalue weighted by Gasteiger charge is -2.20. The van der Waals surface area contributed by atoms with Crippen molar-refractivity contribution in [3.8, 4) is 0 Å². The lowest BCUT2D eigenvalue weighted by Crippen LogP contribution is -2.55. The Hall–Kier alpha value is -2.24. The van der Waals surface area contributed by atoms with Gasteiger partial charge in [0.15, 0.2) is 6.04 Å². The van der Waals surface area contributed by atoms with Crippen LogP contribution in [-0.2, 0) is 19.2 Å². The molecule has 0 aliphatic carbocycles. The van der Waals surface area contributed by atoms with E-state index in [2.05, 4.69) is 16.0 Å². The third-order valence-corrected chi connectivity index (χ3v) is 3.06. The lowest BCUT2D eigenvalue weighted by molar-refractivity contribution is -0.145.